The molecule has 0 spiro atoms. The van der Waals surface area contributed by atoms with E-state index in [2.05, 4.69) is 21.1 Å². The highest BCUT2D eigenvalue weighted by Crippen LogP contribution is 2.29. The Hall–Kier alpha value is -1.14. The van der Waals surface area contributed by atoms with Crippen LogP contribution in [-0.4, -0.2) is 48.4 Å². The molecule has 0 radical (unpaired) electrons. The zero-order chi connectivity index (χ0) is 14.7. The smallest absolute Gasteiger partial charge is 0.251 e. The van der Waals surface area contributed by atoms with E-state index in [0.29, 0.717) is 6.54 Å². The zero-order valence-electron chi connectivity index (χ0n) is 12.6. The van der Waals surface area contributed by atoms with Crippen molar-refractivity contribution in [3.63, 3.8) is 0 Å². The highest BCUT2D eigenvalue weighted by atomic mass is 16.2. The van der Waals surface area contributed by atoms with Crippen molar-refractivity contribution in [2.45, 2.75) is 57.7 Å². The minimum atomic E-state index is -0.265. The summed E-state index contributed by atoms with van der Waals surface area (Å²) in [5, 5.41) is 3.09. The van der Waals surface area contributed by atoms with E-state index < -0.39 is 0 Å². The Labute approximate surface area is 120 Å². The molecule has 3 N–H and O–H groups in total. The van der Waals surface area contributed by atoms with Crippen molar-refractivity contribution < 1.29 is 9.59 Å². The Bertz CT molecular complexity index is 372. The summed E-state index contributed by atoms with van der Waals surface area (Å²) in [6.45, 7) is 4.38. The molecule has 20 heavy (non-hydrogen) atoms. The number of piperazine rings is 1. The molecule has 2 fully saturated rings. The highest BCUT2D eigenvalue weighted by molar-refractivity contribution is 5.84. The van der Waals surface area contributed by atoms with Crippen LogP contribution in [0.15, 0.2) is 0 Å². The highest BCUT2D eigenvalue weighted by Gasteiger charge is 2.42. The standard InChI is InChI=1S/C14H26N4O2/c1-9(2)13(14(20)17-15-3)18-8-12(19)16-10-6-4-5-7-11(10)18/h9-11,13,15H,4-8H2,1-3H3,(H,16,19)(H,17,20). The van der Waals surface area contributed by atoms with Gasteiger partial charge in [0.1, 0.15) is 0 Å². The van der Waals surface area contributed by atoms with E-state index in [-0.39, 0.29) is 35.9 Å². The van der Waals surface area contributed by atoms with Crippen LogP contribution < -0.4 is 16.2 Å². The Morgan fingerprint density at radius 3 is 2.70 bits per heavy atom. The van der Waals surface area contributed by atoms with Gasteiger partial charge in [-0.15, -0.1) is 0 Å². The van der Waals surface area contributed by atoms with E-state index in [4.69, 9.17) is 0 Å². The Morgan fingerprint density at radius 2 is 2.05 bits per heavy atom. The van der Waals surface area contributed by atoms with Crippen molar-refractivity contribution in [2.24, 2.45) is 5.92 Å². The van der Waals surface area contributed by atoms with Gasteiger partial charge in [-0.05, 0) is 18.8 Å². The molecule has 3 atom stereocenters. The van der Waals surface area contributed by atoms with Gasteiger partial charge in [-0.25, -0.2) is 5.43 Å². The normalized spacial score (nSPS) is 28.7. The summed E-state index contributed by atoms with van der Waals surface area (Å²) < 4.78 is 0. The van der Waals surface area contributed by atoms with Crippen LogP contribution in [0.1, 0.15) is 39.5 Å². The van der Waals surface area contributed by atoms with Crippen LogP contribution in [0.4, 0.5) is 0 Å². The molecule has 0 aromatic heterocycles. The van der Waals surface area contributed by atoms with Crippen molar-refractivity contribution in [3.05, 3.63) is 0 Å². The minimum absolute atomic E-state index is 0.0380. The lowest BCUT2D eigenvalue weighted by molar-refractivity contribution is -0.138. The third kappa shape index (κ3) is 3.12. The number of nitrogens with zero attached hydrogens (tertiary/aromatic N) is 1. The van der Waals surface area contributed by atoms with Gasteiger partial charge in [-0.3, -0.25) is 19.9 Å². The first-order chi connectivity index (χ1) is 9.54. The van der Waals surface area contributed by atoms with Crippen molar-refractivity contribution in [3.8, 4) is 0 Å². The number of fused-ring (bicyclic) bond motifs is 1. The Balaban J connectivity index is 2.20. The van der Waals surface area contributed by atoms with Crippen LogP contribution in [0.5, 0.6) is 0 Å². The number of amides is 2. The van der Waals surface area contributed by atoms with E-state index in [1.165, 1.54) is 6.42 Å². The number of rotatable bonds is 4. The third-order valence-electron chi connectivity index (χ3n) is 4.33. The SMILES string of the molecule is CNNC(=O)C(C(C)C)N1CC(=O)NC2CCCCC21. The van der Waals surface area contributed by atoms with E-state index in [9.17, 15) is 9.59 Å². The molecule has 0 aromatic carbocycles. The number of carbonyl (C=O) groups is 2. The second-order valence-electron chi connectivity index (χ2n) is 6.13. The number of carbonyl (C=O) groups excluding carboxylic acids is 2. The quantitative estimate of drug-likeness (QED) is 0.635. The van der Waals surface area contributed by atoms with Crippen molar-refractivity contribution in [1.29, 1.82) is 0 Å². The summed E-state index contributed by atoms with van der Waals surface area (Å²) in [4.78, 5) is 26.4. The molecule has 0 bridgehead atoms. The second-order valence-corrected chi connectivity index (χ2v) is 6.13. The fourth-order valence-corrected chi connectivity index (χ4v) is 3.55. The van der Waals surface area contributed by atoms with Crippen LogP contribution in [0.3, 0.4) is 0 Å². The number of nitrogens with one attached hydrogen (secondary N) is 3. The average molecular weight is 282 g/mol. The van der Waals surface area contributed by atoms with E-state index in [1.54, 1.807) is 7.05 Å². The summed E-state index contributed by atoms with van der Waals surface area (Å²) >= 11 is 0. The van der Waals surface area contributed by atoms with Crippen LogP contribution >= 0.6 is 0 Å². The molecule has 1 saturated carbocycles. The topological polar surface area (TPSA) is 73.5 Å². The predicted octanol–water partition coefficient (Wildman–Crippen LogP) is 0.00460. The van der Waals surface area contributed by atoms with Gasteiger partial charge in [0.25, 0.3) is 5.91 Å². The first-order valence-electron chi connectivity index (χ1n) is 7.56. The zero-order valence-corrected chi connectivity index (χ0v) is 12.6. The molecule has 1 aliphatic carbocycles. The lowest BCUT2D eigenvalue weighted by atomic mass is 9.85. The maximum absolute atomic E-state index is 12.3. The van der Waals surface area contributed by atoms with Crippen LogP contribution in [0.25, 0.3) is 0 Å². The fraction of sp³-hybridized carbons (Fsp3) is 0.857. The molecule has 114 valence electrons. The van der Waals surface area contributed by atoms with E-state index in [1.807, 2.05) is 13.8 Å². The van der Waals surface area contributed by atoms with Crippen molar-refractivity contribution in [1.82, 2.24) is 21.1 Å². The summed E-state index contributed by atoms with van der Waals surface area (Å²) in [6, 6.07) is 0.226. The maximum Gasteiger partial charge on any atom is 0.251 e. The maximum atomic E-state index is 12.3. The molecule has 6 heteroatoms. The molecule has 2 aliphatic rings. The summed E-state index contributed by atoms with van der Waals surface area (Å²) in [5.41, 5.74) is 5.37. The van der Waals surface area contributed by atoms with Crippen LogP contribution in [0.2, 0.25) is 0 Å². The molecule has 2 amide bonds. The molecular formula is C14H26N4O2. The molecule has 1 aliphatic heterocycles. The average Bonchev–Trinajstić information content (AvgIpc) is 2.38. The second kappa shape index (κ2) is 6.54. The van der Waals surface area contributed by atoms with Gasteiger partial charge in [0.2, 0.25) is 5.91 Å². The molecule has 1 saturated heterocycles. The van der Waals surface area contributed by atoms with E-state index >= 15 is 0 Å². The Kier molecular flexibility index (Phi) is 4.99. The predicted molar refractivity (Wildman–Crippen MR) is 76.7 cm³/mol. The lowest BCUT2D eigenvalue weighted by Gasteiger charge is -2.47. The van der Waals surface area contributed by atoms with Gasteiger partial charge in [-0.1, -0.05) is 26.7 Å². The molecule has 0 aromatic rings. The fourth-order valence-electron chi connectivity index (χ4n) is 3.55. The van der Waals surface area contributed by atoms with Gasteiger partial charge in [-0.2, -0.15) is 0 Å². The number of hydrogen-bond acceptors (Lipinski definition) is 4. The minimum Gasteiger partial charge on any atom is -0.351 e. The van der Waals surface area contributed by atoms with E-state index in [0.717, 1.165) is 19.3 Å². The summed E-state index contributed by atoms with van der Waals surface area (Å²) in [6.07, 6.45) is 4.41. The third-order valence-corrected chi connectivity index (χ3v) is 4.33. The number of hydrazine groups is 1. The molecule has 6 nitrogen and oxygen atoms in total. The lowest BCUT2D eigenvalue weighted by Crippen LogP contribution is -2.67. The Morgan fingerprint density at radius 1 is 1.35 bits per heavy atom. The first kappa shape index (κ1) is 15.3. The molecular weight excluding hydrogens is 256 g/mol. The molecule has 1 heterocycles. The molecule has 2 rings (SSSR count). The van der Waals surface area contributed by atoms with Gasteiger partial charge in [0.05, 0.1) is 12.6 Å². The van der Waals surface area contributed by atoms with Crippen molar-refractivity contribution in [2.75, 3.05) is 13.6 Å². The largest absolute Gasteiger partial charge is 0.351 e. The van der Waals surface area contributed by atoms with Gasteiger partial charge >= 0.3 is 0 Å². The monoisotopic (exact) mass is 282 g/mol. The molecule has 3 unspecified atom stereocenters. The van der Waals surface area contributed by atoms with Gasteiger partial charge < -0.3 is 5.32 Å². The van der Waals surface area contributed by atoms with Crippen LogP contribution in [-0.2, 0) is 9.59 Å². The van der Waals surface area contributed by atoms with Crippen LogP contribution in [0, 0.1) is 5.92 Å². The van der Waals surface area contributed by atoms with Gasteiger partial charge in [0, 0.05) is 19.1 Å². The summed E-state index contributed by atoms with van der Waals surface area (Å²) in [5.74, 6) is 0.148. The number of hydrogen-bond donors (Lipinski definition) is 3. The summed E-state index contributed by atoms with van der Waals surface area (Å²) in [7, 11) is 1.68. The van der Waals surface area contributed by atoms with Gasteiger partial charge in [0.15, 0.2) is 0 Å². The van der Waals surface area contributed by atoms with Crippen molar-refractivity contribution >= 4 is 11.8 Å². The first-order valence-corrected chi connectivity index (χ1v) is 7.56.